The summed E-state index contributed by atoms with van der Waals surface area (Å²) in [7, 11) is 1.72. The second kappa shape index (κ2) is 6.42. The lowest BCUT2D eigenvalue weighted by Crippen LogP contribution is -2.38. The zero-order valence-corrected chi connectivity index (χ0v) is 13.3. The standard InChI is InChI=1S/C17H29NO/c1-16(2,3)18-11-10-17(4,5)13-14-8-7-9-15(12-14)19-6/h7-9,12,18H,10-11,13H2,1-6H3. The molecule has 0 fully saturated rings. The summed E-state index contributed by atoms with van der Waals surface area (Å²) in [6.45, 7) is 12.3. The van der Waals surface area contributed by atoms with Gasteiger partial charge in [-0.05, 0) is 63.3 Å². The van der Waals surface area contributed by atoms with Crippen molar-refractivity contribution in [3.63, 3.8) is 0 Å². The summed E-state index contributed by atoms with van der Waals surface area (Å²) < 4.78 is 5.28. The van der Waals surface area contributed by atoms with Crippen LogP contribution in [0.15, 0.2) is 24.3 Å². The minimum Gasteiger partial charge on any atom is -0.497 e. The number of hydrogen-bond acceptors (Lipinski definition) is 2. The van der Waals surface area contributed by atoms with E-state index < -0.39 is 0 Å². The molecule has 0 spiro atoms. The quantitative estimate of drug-likeness (QED) is 0.836. The van der Waals surface area contributed by atoms with E-state index >= 15 is 0 Å². The molecular formula is C17H29NO. The van der Waals surface area contributed by atoms with E-state index in [2.05, 4.69) is 58.1 Å². The number of ether oxygens (including phenoxy) is 1. The lowest BCUT2D eigenvalue weighted by atomic mass is 9.82. The van der Waals surface area contributed by atoms with Gasteiger partial charge in [0.25, 0.3) is 0 Å². The number of methoxy groups -OCH3 is 1. The summed E-state index contributed by atoms with van der Waals surface area (Å²) in [4.78, 5) is 0. The minimum absolute atomic E-state index is 0.200. The van der Waals surface area contributed by atoms with Crippen molar-refractivity contribution in [2.45, 2.75) is 53.0 Å². The molecular weight excluding hydrogens is 234 g/mol. The summed E-state index contributed by atoms with van der Waals surface area (Å²) in [5, 5.41) is 3.56. The molecule has 1 aromatic carbocycles. The highest BCUT2D eigenvalue weighted by Crippen LogP contribution is 2.27. The Morgan fingerprint density at radius 3 is 2.37 bits per heavy atom. The predicted octanol–water partition coefficient (Wildman–Crippen LogP) is 4.04. The van der Waals surface area contributed by atoms with Gasteiger partial charge >= 0.3 is 0 Å². The van der Waals surface area contributed by atoms with Crippen LogP contribution in [0.4, 0.5) is 0 Å². The normalized spacial score (nSPS) is 12.5. The van der Waals surface area contributed by atoms with Crippen molar-refractivity contribution in [2.24, 2.45) is 5.41 Å². The van der Waals surface area contributed by atoms with Gasteiger partial charge < -0.3 is 10.1 Å². The van der Waals surface area contributed by atoms with Gasteiger partial charge in [-0.3, -0.25) is 0 Å². The van der Waals surface area contributed by atoms with Gasteiger partial charge in [-0.15, -0.1) is 0 Å². The first-order valence-corrected chi connectivity index (χ1v) is 7.10. The third-order valence-corrected chi connectivity index (χ3v) is 3.27. The van der Waals surface area contributed by atoms with E-state index in [-0.39, 0.29) is 5.54 Å². The molecule has 0 amide bonds. The molecule has 0 bridgehead atoms. The van der Waals surface area contributed by atoms with E-state index in [4.69, 9.17) is 4.74 Å². The molecule has 0 aliphatic heterocycles. The van der Waals surface area contributed by atoms with E-state index in [0.29, 0.717) is 5.41 Å². The second-order valence-corrected chi connectivity index (χ2v) is 7.12. The van der Waals surface area contributed by atoms with Crippen molar-refractivity contribution in [1.29, 1.82) is 0 Å². The fourth-order valence-electron chi connectivity index (χ4n) is 2.20. The molecule has 0 aliphatic carbocycles. The summed E-state index contributed by atoms with van der Waals surface area (Å²) in [5.41, 5.74) is 1.84. The molecule has 0 unspecified atom stereocenters. The lowest BCUT2D eigenvalue weighted by molar-refractivity contribution is 0.302. The fourth-order valence-corrected chi connectivity index (χ4v) is 2.20. The smallest absolute Gasteiger partial charge is 0.119 e. The average molecular weight is 263 g/mol. The van der Waals surface area contributed by atoms with Crippen molar-refractivity contribution in [3.05, 3.63) is 29.8 Å². The Bertz CT molecular complexity index is 390. The van der Waals surface area contributed by atoms with Gasteiger partial charge in [-0.25, -0.2) is 0 Å². The third kappa shape index (κ3) is 6.63. The van der Waals surface area contributed by atoms with Crippen molar-refractivity contribution in [1.82, 2.24) is 5.32 Å². The lowest BCUT2D eigenvalue weighted by Gasteiger charge is -2.28. The third-order valence-electron chi connectivity index (χ3n) is 3.27. The van der Waals surface area contributed by atoms with Crippen molar-refractivity contribution in [3.8, 4) is 5.75 Å². The summed E-state index contributed by atoms with van der Waals surface area (Å²) in [5.74, 6) is 0.945. The van der Waals surface area contributed by atoms with E-state index in [1.807, 2.05) is 6.07 Å². The van der Waals surface area contributed by atoms with Crippen LogP contribution in [-0.4, -0.2) is 19.2 Å². The van der Waals surface area contributed by atoms with Crippen LogP contribution in [0.1, 0.15) is 46.6 Å². The Labute approximate surface area is 118 Å². The molecule has 19 heavy (non-hydrogen) atoms. The molecule has 0 heterocycles. The maximum absolute atomic E-state index is 5.28. The van der Waals surface area contributed by atoms with Crippen LogP contribution in [-0.2, 0) is 6.42 Å². The van der Waals surface area contributed by atoms with Gasteiger partial charge in [0.1, 0.15) is 5.75 Å². The van der Waals surface area contributed by atoms with E-state index in [1.165, 1.54) is 12.0 Å². The highest BCUT2D eigenvalue weighted by atomic mass is 16.5. The molecule has 0 aliphatic rings. The van der Waals surface area contributed by atoms with Crippen LogP contribution in [0.5, 0.6) is 5.75 Å². The number of hydrogen-bond donors (Lipinski definition) is 1. The Morgan fingerprint density at radius 2 is 1.79 bits per heavy atom. The van der Waals surface area contributed by atoms with Gasteiger partial charge in [0.15, 0.2) is 0 Å². The number of benzene rings is 1. The highest BCUT2D eigenvalue weighted by Gasteiger charge is 2.19. The zero-order valence-electron chi connectivity index (χ0n) is 13.3. The van der Waals surface area contributed by atoms with Crippen molar-refractivity contribution < 1.29 is 4.74 Å². The minimum atomic E-state index is 0.200. The Balaban J connectivity index is 2.53. The monoisotopic (exact) mass is 263 g/mol. The zero-order chi connectivity index (χ0) is 14.5. The SMILES string of the molecule is COc1cccc(CC(C)(C)CCNC(C)(C)C)c1. The van der Waals surface area contributed by atoms with E-state index in [9.17, 15) is 0 Å². The maximum atomic E-state index is 5.28. The predicted molar refractivity (Wildman–Crippen MR) is 82.9 cm³/mol. The molecule has 0 saturated heterocycles. The topological polar surface area (TPSA) is 21.3 Å². The molecule has 0 atom stereocenters. The Morgan fingerprint density at radius 1 is 1.11 bits per heavy atom. The van der Waals surface area contributed by atoms with E-state index in [0.717, 1.165) is 18.7 Å². The summed E-state index contributed by atoms with van der Waals surface area (Å²) >= 11 is 0. The fraction of sp³-hybridized carbons (Fsp3) is 0.647. The molecule has 2 nitrogen and oxygen atoms in total. The van der Waals surface area contributed by atoms with Crippen LogP contribution in [0.3, 0.4) is 0 Å². The van der Waals surface area contributed by atoms with Gasteiger partial charge in [0.05, 0.1) is 7.11 Å². The highest BCUT2D eigenvalue weighted by molar-refractivity contribution is 5.29. The van der Waals surface area contributed by atoms with Crippen LogP contribution < -0.4 is 10.1 Å². The first-order valence-electron chi connectivity index (χ1n) is 7.10. The molecule has 108 valence electrons. The van der Waals surface area contributed by atoms with Gasteiger partial charge in [0, 0.05) is 5.54 Å². The molecule has 0 aromatic heterocycles. The Hall–Kier alpha value is -1.02. The van der Waals surface area contributed by atoms with Crippen LogP contribution in [0, 0.1) is 5.41 Å². The first kappa shape index (κ1) is 16.0. The number of rotatable bonds is 6. The molecule has 0 saturated carbocycles. The molecule has 2 heteroatoms. The Kier molecular flexibility index (Phi) is 5.42. The number of nitrogens with one attached hydrogen (secondary N) is 1. The molecule has 1 rings (SSSR count). The van der Waals surface area contributed by atoms with Gasteiger partial charge in [0.2, 0.25) is 0 Å². The first-order chi connectivity index (χ1) is 8.72. The van der Waals surface area contributed by atoms with Crippen molar-refractivity contribution >= 4 is 0 Å². The molecule has 0 radical (unpaired) electrons. The second-order valence-electron chi connectivity index (χ2n) is 7.12. The van der Waals surface area contributed by atoms with Crippen LogP contribution in [0.2, 0.25) is 0 Å². The van der Waals surface area contributed by atoms with Crippen LogP contribution in [0.25, 0.3) is 0 Å². The molecule has 1 N–H and O–H groups in total. The molecule has 1 aromatic rings. The van der Waals surface area contributed by atoms with E-state index in [1.54, 1.807) is 7.11 Å². The van der Waals surface area contributed by atoms with Crippen molar-refractivity contribution in [2.75, 3.05) is 13.7 Å². The van der Waals surface area contributed by atoms with Gasteiger partial charge in [-0.1, -0.05) is 26.0 Å². The maximum Gasteiger partial charge on any atom is 0.119 e. The largest absolute Gasteiger partial charge is 0.497 e. The summed E-state index contributed by atoms with van der Waals surface area (Å²) in [6.07, 6.45) is 2.25. The summed E-state index contributed by atoms with van der Waals surface area (Å²) in [6, 6.07) is 8.38. The van der Waals surface area contributed by atoms with Gasteiger partial charge in [-0.2, -0.15) is 0 Å². The average Bonchev–Trinajstić information content (AvgIpc) is 2.26. The van der Waals surface area contributed by atoms with Crippen LogP contribution >= 0.6 is 0 Å².